The molecule has 0 N–H and O–H groups in total. The molecule has 5 nitrogen and oxygen atoms in total. The van der Waals surface area contributed by atoms with Gasteiger partial charge in [0.05, 0.1) is 18.6 Å². The van der Waals surface area contributed by atoms with Gasteiger partial charge >= 0.3 is 0 Å². The molecule has 2 amide bonds. The second-order valence-electron chi connectivity index (χ2n) is 5.14. The van der Waals surface area contributed by atoms with E-state index < -0.39 is 0 Å². The number of hydrogen-bond acceptors (Lipinski definition) is 5. The molecule has 1 fully saturated rings. The highest BCUT2D eigenvalue weighted by molar-refractivity contribution is 9.10. The maximum Gasteiger partial charge on any atom is 0.293 e. The highest BCUT2D eigenvalue weighted by Gasteiger charge is 2.34. The number of thioether (sulfide) groups is 1. The highest BCUT2D eigenvalue weighted by atomic mass is 79.9. The number of benzene rings is 1. The van der Waals surface area contributed by atoms with E-state index in [1.807, 2.05) is 13.8 Å². The molecular weight excluding hydrogens is 394 g/mol. The zero-order chi connectivity index (χ0) is 17.7. The van der Waals surface area contributed by atoms with E-state index in [1.54, 1.807) is 25.3 Å². The van der Waals surface area contributed by atoms with Gasteiger partial charge in [-0.2, -0.15) is 0 Å². The molecular formula is C17H20BrNO4S. The summed E-state index contributed by atoms with van der Waals surface area (Å²) in [4.78, 5) is 26.1. The van der Waals surface area contributed by atoms with E-state index in [0.717, 1.165) is 34.6 Å². The summed E-state index contributed by atoms with van der Waals surface area (Å²) in [7, 11) is 1.56. The summed E-state index contributed by atoms with van der Waals surface area (Å²) in [5.41, 5.74) is 0.760. The van der Waals surface area contributed by atoms with E-state index in [-0.39, 0.29) is 11.1 Å². The third-order valence-corrected chi connectivity index (χ3v) is 5.07. The van der Waals surface area contributed by atoms with Gasteiger partial charge in [0, 0.05) is 11.0 Å². The topological polar surface area (TPSA) is 55.8 Å². The van der Waals surface area contributed by atoms with E-state index >= 15 is 0 Å². The number of carbonyl (C=O) groups excluding carboxylic acids is 2. The predicted octanol–water partition coefficient (Wildman–Crippen LogP) is 4.69. The number of ether oxygens (including phenoxy) is 2. The Morgan fingerprint density at radius 1 is 1.25 bits per heavy atom. The van der Waals surface area contributed by atoms with Crippen molar-refractivity contribution in [3.05, 3.63) is 27.1 Å². The molecule has 0 radical (unpaired) electrons. The van der Waals surface area contributed by atoms with Gasteiger partial charge in [-0.25, -0.2) is 0 Å². The molecule has 0 bridgehead atoms. The van der Waals surface area contributed by atoms with Crippen LogP contribution in [0.5, 0.6) is 11.5 Å². The van der Waals surface area contributed by atoms with Gasteiger partial charge in [-0.3, -0.25) is 14.5 Å². The standard InChI is InChI=1S/C17H20BrNO4S/c1-4-6-7-19-16(20)15(24-17(19)21)9-11-8-13(22-3)14(23-5-2)10-12(11)18/h8-10H,4-7H2,1-3H3. The highest BCUT2D eigenvalue weighted by Crippen LogP contribution is 2.38. The van der Waals surface area contributed by atoms with E-state index in [0.29, 0.717) is 29.6 Å². The zero-order valence-corrected chi connectivity index (χ0v) is 16.3. The van der Waals surface area contributed by atoms with E-state index in [2.05, 4.69) is 15.9 Å². The average molecular weight is 414 g/mol. The fourth-order valence-electron chi connectivity index (χ4n) is 2.24. The van der Waals surface area contributed by atoms with Gasteiger partial charge in [0.15, 0.2) is 11.5 Å². The van der Waals surface area contributed by atoms with Crippen LogP contribution in [0.1, 0.15) is 32.3 Å². The molecule has 0 atom stereocenters. The number of amides is 2. The van der Waals surface area contributed by atoms with Crippen molar-refractivity contribution < 1.29 is 19.1 Å². The second kappa shape index (κ2) is 8.58. The number of hydrogen-bond donors (Lipinski definition) is 0. The van der Waals surface area contributed by atoms with Crippen molar-refractivity contribution in [3.63, 3.8) is 0 Å². The molecule has 130 valence electrons. The number of halogens is 1. The summed E-state index contributed by atoms with van der Waals surface area (Å²) < 4.78 is 11.6. The zero-order valence-electron chi connectivity index (χ0n) is 13.9. The first-order valence-corrected chi connectivity index (χ1v) is 9.38. The molecule has 1 heterocycles. The fraction of sp³-hybridized carbons (Fsp3) is 0.412. The van der Waals surface area contributed by atoms with Crippen molar-refractivity contribution in [1.29, 1.82) is 0 Å². The molecule has 0 aliphatic carbocycles. The fourth-order valence-corrected chi connectivity index (χ4v) is 3.53. The average Bonchev–Trinajstić information content (AvgIpc) is 2.82. The van der Waals surface area contributed by atoms with Crippen LogP contribution >= 0.6 is 27.7 Å². The first-order chi connectivity index (χ1) is 11.5. The molecule has 1 aliphatic heterocycles. The maximum absolute atomic E-state index is 12.4. The quantitative estimate of drug-likeness (QED) is 0.606. The van der Waals surface area contributed by atoms with E-state index in [9.17, 15) is 9.59 Å². The molecule has 1 aliphatic rings. The smallest absolute Gasteiger partial charge is 0.293 e. The maximum atomic E-state index is 12.4. The van der Waals surface area contributed by atoms with Crippen LogP contribution in [-0.4, -0.2) is 36.3 Å². The number of carbonyl (C=O) groups is 2. The monoisotopic (exact) mass is 413 g/mol. The SMILES string of the molecule is CCCCN1C(=O)SC(=Cc2cc(OC)c(OCC)cc2Br)C1=O. The lowest BCUT2D eigenvalue weighted by atomic mass is 10.2. The first-order valence-electron chi connectivity index (χ1n) is 7.77. The Hall–Kier alpha value is -1.47. The molecule has 0 saturated carbocycles. The molecule has 1 aromatic carbocycles. The van der Waals surface area contributed by atoms with Gasteiger partial charge < -0.3 is 9.47 Å². The molecule has 2 rings (SSSR count). The summed E-state index contributed by atoms with van der Waals surface area (Å²) >= 11 is 4.45. The van der Waals surface area contributed by atoms with Gasteiger partial charge in [-0.15, -0.1) is 0 Å². The lowest BCUT2D eigenvalue weighted by molar-refractivity contribution is -0.122. The second-order valence-corrected chi connectivity index (χ2v) is 6.99. The molecule has 24 heavy (non-hydrogen) atoms. The summed E-state index contributed by atoms with van der Waals surface area (Å²) in [6.07, 6.45) is 3.45. The first kappa shape index (κ1) is 18.9. The van der Waals surface area contributed by atoms with Crippen molar-refractivity contribution in [1.82, 2.24) is 4.90 Å². The van der Waals surface area contributed by atoms with Gasteiger partial charge in [-0.05, 0) is 48.9 Å². The minimum Gasteiger partial charge on any atom is -0.493 e. The minimum absolute atomic E-state index is 0.214. The van der Waals surface area contributed by atoms with Crippen molar-refractivity contribution in [2.45, 2.75) is 26.7 Å². The van der Waals surface area contributed by atoms with E-state index in [1.165, 1.54) is 4.90 Å². The van der Waals surface area contributed by atoms with Crippen LogP contribution in [0.15, 0.2) is 21.5 Å². The molecule has 0 aromatic heterocycles. The molecule has 0 unspecified atom stereocenters. The van der Waals surface area contributed by atoms with Crippen LogP contribution in [0.25, 0.3) is 6.08 Å². The lowest BCUT2D eigenvalue weighted by Crippen LogP contribution is -2.29. The van der Waals surface area contributed by atoms with Gasteiger partial charge in [0.2, 0.25) is 0 Å². The number of imide groups is 1. The summed E-state index contributed by atoms with van der Waals surface area (Å²) in [6, 6.07) is 3.59. The van der Waals surface area contributed by atoms with Gasteiger partial charge in [0.25, 0.3) is 11.1 Å². The Kier molecular flexibility index (Phi) is 6.74. The molecule has 1 saturated heterocycles. The number of rotatable bonds is 7. The van der Waals surface area contributed by atoms with Crippen LogP contribution < -0.4 is 9.47 Å². The van der Waals surface area contributed by atoms with Crippen molar-refractivity contribution in [3.8, 4) is 11.5 Å². The normalized spacial score (nSPS) is 16.2. The third-order valence-electron chi connectivity index (χ3n) is 3.48. The van der Waals surface area contributed by atoms with Crippen LogP contribution in [0.2, 0.25) is 0 Å². The Bertz CT molecular complexity index is 675. The molecule has 1 aromatic rings. The Balaban J connectivity index is 2.31. The number of unbranched alkanes of at least 4 members (excludes halogenated alkanes) is 1. The minimum atomic E-state index is -0.238. The van der Waals surface area contributed by atoms with Crippen LogP contribution in [-0.2, 0) is 4.79 Å². The number of nitrogens with zero attached hydrogens (tertiary/aromatic N) is 1. The molecule has 0 spiro atoms. The third kappa shape index (κ3) is 4.13. The Morgan fingerprint density at radius 2 is 2.00 bits per heavy atom. The van der Waals surface area contributed by atoms with Crippen LogP contribution in [0.4, 0.5) is 4.79 Å². The number of methoxy groups -OCH3 is 1. The Labute approximate surface area is 154 Å². The Morgan fingerprint density at radius 3 is 2.62 bits per heavy atom. The summed E-state index contributed by atoms with van der Waals surface area (Å²) in [5, 5.41) is -0.214. The van der Waals surface area contributed by atoms with Crippen LogP contribution in [0, 0.1) is 0 Å². The van der Waals surface area contributed by atoms with Gasteiger partial charge in [-0.1, -0.05) is 29.3 Å². The summed E-state index contributed by atoms with van der Waals surface area (Å²) in [6.45, 7) is 4.91. The largest absolute Gasteiger partial charge is 0.493 e. The summed E-state index contributed by atoms with van der Waals surface area (Å²) in [5.74, 6) is 0.967. The molecule has 7 heteroatoms. The lowest BCUT2D eigenvalue weighted by Gasteiger charge is -2.12. The van der Waals surface area contributed by atoms with Crippen molar-refractivity contribution in [2.75, 3.05) is 20.3 Å². The van der Waals surface area contributed by atoms with Crippen LogP contribution in [0.3, 0.4) is 0 Å². The van der Waals surface area contributed by atoms with Crippen molar-refractivity contribution in [2.24, 2.45) is 0 Å². The van der Waals surface area contributed by atoms with E-state index in [4.69, 9.17) is 9.47 Å². The van der Waals surface area contributed by atoms with Crippen molar-refractivity contribution >= 4 is 44.9 Å². The van der Waals surface area contributed by atoms with Gasteiger partial charge in [0.1, 0.15) is 0 Å². The predicted molar refractivity (Wildman–Crippen MR) is 99.4 cm³/mol.